The summed E-state index contributed by atoms with van der Waals surface area (Å²) in [6.07, 6.45) is 15.7. The van der Waals surface area contributed by atoms with Crippen LogP contribution in [0.2, 0.25) is 0 Å². The van der Waals surface area contributed by atoms with Crippen LogP contribution < -0.4 is 4.18 Å². The van der Waals surface area contributed by atoms with Gasteiger partial charge in [-0.2, -0.15) is 4.21 Å². The summed E-state index contributed by atoms with van der Waals surface area (Å²) >= 11 is -1.70. The van der Waals surface area contributed by atoms with Gasteiger partial charge in [-0.05, 0) is 25.0 Å². The maximum Gasteiger partial charge on any atom is 0.360 e. The molecule has 0 aliphatic carbocycles. The first kappa shape index (κ1) is 22.2. The Kier molecular flexibility index (Phi) is 13.6. The summed E-state index contributed by atoms with van der Waals surface area (Å²) in [6.45, 7) is 4.69. The fourth-order valence-electron chi connectivity index (χ4n) is 2.82. The van der Waals surface area contributed by atoms with Crippen molar-refractivity contribution < 1.29 is 12.6 Å². The monoisotopic (exact) mass is 368 g/mol. The second-order valence-corrected chi connectivity index (χ2v) is 7.57. The van der Waals surface area contributed by atoms with E-state index < -0.39 is 11.4 Å². The molecular weight excluding hydrogens is 332 g/mol. The molecule has 0 aliphatic rings. The summed E-state index contributed by atoms with van der Waals surface area (Å²) in [7, 11) is 0. The zero-order valence-corrected chi connectivity index (χ0v) is 17.0. The minimum absolute atomic E-state index is 0.496. The lowest BCUT2D eigenvalue weighted by molar-refractivity contribution is 0.299. The van der Waals surface area contributed by atoms with Crippen LogP contribution in [0.15, 0.2) is 24.3 Å². The van der Waals surface area contributed by atoms with Crippen LogP contribution in [-0.4, -0.2) is 10.8 Å². The Morgan fingerprint density at radius 1 is 0.800 bits per heavy atom. The van der Waals surface area contributed by atoms with Crippen molar-refractivity contribution in [1.29, 1.82) is 0 Å². The lowest BCUT2D eigenvalue weighted by atomic mass is 10.1. The Hall–Kier alpha value is -0.870. The molecule has 0 fully saturated rings. The fourth-order valence-corrected chi connectivity index (χ4v) is 3.45. The molecule has 1 unspecified atom stereocenters. The molecule has 0 saturated carbocycles. The highest BCUT2D eigenvalue weighted by atomic mass is 32.2. The molecule has 0 spiro atoms. The number of hydrogen-bond donors (Lipinski definition) is 0. The molecule has 1 aromatic carbocycles. The van der Waals surface area contributed by atoms with Gasteiger partial charge < -0.3 is 4.18 Å². The maximum absolute atomic E-state index is 11.7. The fraction of sp³-hybridized carbons (Fsp3) is 0.714. The molecule has 25 heavy (non-hydrogen) atoms. The molecular formula is C21H36O3S. The number of para-hydroxylation sites is 1. The predicted molar refractivity (Wildman–Crippen MR) is 107 cm³/mol. The molecule has 0 radical (unpaired) electrons. The molecule has 0 saturated heterocycles. The van der Waals surface area contributed by atoms with Crippen LogP contribution in [0, 0.1) is 6.92 Å². The average Bonchev–Trinajstić information content (AvgIpc) is 2.61. The molecule has 0 aromatic heterocycles. The smallest absolute Gasteiger partial charge is 0.360 e. The topological polar surface area (TPSA) is 35.5 Å². The van der Waals surface area contributed by atoms with Crippen molar-refractivity contribution in [1.82, 2.24) is 0 Å². The summed E-state index contributed by atoms with van der Waals surface area (Å²) in [5, 5.41) is 0. The minimum Gasteiger partial charge on any atom is -0.380 e. The van der Waals surface area contributed by atoms with Gasteiger partial charge in [-0.15, -0.1) is 0 Å². The summed E-state index contributed by atoms with van der Waals surface area (Å²) < 4.78 is 22.3. The van der Waals surface area contributed by atoms with Gasteiger partial charge in [0.15, 0.2) is 0 Å². The van der Waals surface area contributed by atoms with Crippen LogP contribution >= 0.6 is 0 Å². The van der Waals surface area contributed by atoms with Crippen molar-refractivity contribution in [2.24, 2.45) is 0 Å². The third-order valence-electron chi connectivity index (χ3n) is 4.43. The standard InChI is InChI=1S/C21H36O3S/c1-3-4-5-6-7-8-9-10-11-12-13-16-19-23-25(22)24-21-18-15-14-17-20(21)2/h14-15,17-18H,3-13,16,19H2,1-2H3. The molecule has 4 heteroatoms. The van der Waals surface area contributed by atoms with E-state index in [1.165, 1.54) is 64.2 Å². The Morgan fingerprint density at radius 2 is 1.32 bits per heavy atom. The number of rotatable bonds is 16. The summed E-state index contributed by atoms with van der Waals surface area (Å²) in [4.78, 5) is 0. The van der Waals surface area contributed by atoms with E-state index in [0.29, 0.717) is 12.4 Å². The van der Waals surface area contributed by atoms with Gasteiger partial charge in [0.25, 0.3) is 0 Å². The van der Waals surface area contributed by atoms with E-state index >= 15 is 0 Å². The van der Waals surface area contributed by atoms with Gasteiger partial charge in [0.05, 0.1) is 6.61 Å². The van der Waals surface area contributed by atoms with Crippen LogP contribution in [0.25, 0.3) is 0 Å². The maximum atomic E-state index is 11.7. The van der Waals surface area contributed by atoms with Gasteiger partial charge >= 0.3 is 11.4 Å². The number of benzene rings is 1. The van der Waals surface area contributed by atoms with E-state index in [2.05, 4.69) is 6.92 Å². The van der Waals surface area contributed by atoms with E-state index in [4.69, 9.17) is 8.37 Å². The van der Waals surface area contributed by atoms with Crippen molar-refractivity contribution in [2.75, 3.05) is 6.61 Å². The first-order valence-corrected chi connectivity index (χ1v) is 11.0. The molecule has 1 atom stereocenters. The molecule has 0 bridgehead atoms. The first-order valence-electron chi connectivity index (χ1n) is 10.0. The third kappa shape index (κ3) is 12.2. The van der Waals surface area contributed by atoms with Gasteiger partial charge in [0.1, 0.15) is 5.75 Å². The van der Waals surface area contributed by atoms with Gasteiger partial charge in [0, 0.05) is 0 Å². The van der Waals surface area contributed by atoms with Crippen LogP contribution in [-0.2, 0) is 15.5 Å². The summed E-state index contributed by atoms with van der Waals surface area (Å²) in [5.74, 6) is 0.621. The van der Waals surface area contributed by atoms with Crippen LogP contribution in [0.1, 0.15) is 89.5 Å². The summed E-state index contributed by atoms with van der Waals surface area (Å²) in [5.41, 5.74) is 0.963. The zero-order valence-electron chi connectivity index (χ0n) is 16.1. The molecule has 0 aliphatic heterocycles. The highest BCUT2D eigenvalue weighted by Gasteiger charge is 2.05. The Labute approximate surface area is 157 Å². The highest BCUT2D eigenvalue weighted by Crippen LogP contribution is 2.17. The predicted octanol–water partition coefficient (Wildman–Crippen LogP) is 6.67. The van der Waals surface area contributed by atoms with Gasteiger partial charge in [0.2, 0.25) is 0 Å². The molecule has 0 N–H and O–H groups in total. The van der Waals surface area contributed by atoms with Crippen LogP contribution in [0.4, 0.5) is 0 Å². The van der Waals surface area contributed by atoms with E-state index in [-0.39, 0.29) is 0 Å². The van der Waals surface area contributed by atoms with Crippen molar-refractivity contribution in [3.63, 3.8) is 0 Å². The van der Waals surface area contributed by atoms with Crippen molar-refractivity contribution in [3.8, 4) is 5.75 Å². The van der Waals surface area contributed by atoms with Gasteiger partial charge in [-0.3, -0.25) is 4.18 Å². The number of aryl methyl sites for hydroxylation is 1. The SMILES string of the molecule is CCCCCCCCCCCCCCOS(=O)Oc1ccccc1C. The van der Waals surface area contributed by atoms with Gasteiger partial charge in [-0.1, -0.05) is 95.8 Å². The molecule has 1 rings (SSSR count). The molecule has 144 valence electrons. The molecule has 1 aromatic rings. The van der Waals surface area contributed by atoms with Crippen LogP contribution in [0.3, 0.4) is 0 Å². The van der Waals surface area contributed by atoms with Crippen molar-refractivity contribution in [3.05, 3.63) is 29.8 Å². The largest absolute Gasteiger partial charge is 0.380 e. The normalized spacial score (nSPS) is 12.2. The Morgan fingerprint density at radius 3 is 1.88 bits per heavy atom. The van der Waals surface area contributed by atoms with E-state index in [1.54, 1.807) is 6.07 Å². The third-order valence-corrected chi connectivity index (χ3v) is 5.10. The number of unbranched alkanes of at least 4 members (excludes halogenated alkanes) is 11. The van der Waals surface area contributed by atoms with Crippen molar-refractivity contribution in [2.45, 2.75) is 90.9 Å². The lowest BCUT2D eigenvalue weighted by Crippen LogP contribution is -2.07. The Balaban J connectivity index is 1.87. The first-order chi connectivity index (χ1) is 12.2. The minimum atomic E-state index is -1.70. The van der Waals surface area contributed by atoms with Crippen molar-refractivity contribution >= 4 is 11.4 Å². The van der Waals surface area contributed by atoms with Gasteiger partial charge in [-0.25, -0.2) is 0 Å². The second kappa shape index (κ2) is 15.4. The molecule has 0 heterocycles. The Bertz CT molecular complexity index is 462. The number of hydrogen-bond acceptors (Lipinski definition) is 3. The van der Waals surface area contributed by atoms with E-state index in [0.717, 1.165) is 18.4 Å². The lowest BCUT2D eigenvalue weighted by Gasteiger charge is -2.07. The summed E-state index contributed by atoms with van der Waals surface area (Å²) in [6, 6.07) is 7.53. The zero-order chi connectivity index (χ0) is 18.2. The molecule has 3 nitrogen and oxygen atoms in total. The van der Waals surface area contributed by atoms with Crippen LogP contribution in [0.5, 0.6) is 5.75 Å². The second-order valence-electron chi connectivity index (χ2n) is 6.76. The molecule has 0 amide bonds. The highest BCUT2D eigenvalue weighted by molar-refractivity contribution is 7.75. The quantitative estimate of drug-likeness (QED) is 0.306. The van der Waals surface area contributed by atoms with E-state index in [9.17, 15) is 4.21 Å². The van der Waals surface area contributed by atoms with E-state index in [1.807, 2.05) is 25.1 Å². The average molecular weight is 369 g/mol.